The minimum atomic E-state index is -0.310. The highest BCUT2D eigenvalue weighted by molar-refractivity contribution is 5.95. The molecule has 8 heteroatoms. The second kappa shape index (κ2) is 9.38. The smallest absolute Gasteiger partial charge is 0.256 e. The van der Waals surface area contributed by atoms with Crippen molar-refractivity contribution in [1.82, 2.24) is 9.88 Å². The van der Waals surface area contributed by atoms with Crippen LogP contribution in [-0.2, 0) is 11.2 Å². The van der Waals surface area contributed by atoms with Crippen molar-refractivity contribution in [2.75, 3.05) is 40.1 Å². The highest BCUT2D eigenvalue weighted by Crippen LogP contribution is 2.36. The Hall–Kier alpha value is -2.84. The van der Waals surface area contributed by atoms with E-state index in [-0.39, 0.29) is 36.7 Å². The molecule has 0 spiro atoms. The Morgan fingerprint density at radius 3 is 3.00 bits per heavy atom. The first-order valence-electron chi connectivity index (χ1n) is 9.08. The van der Waals surface area contributed by atoms with E-state index in [2.05, 4.69) is 4.98 Å². The summed E-state index contributed by atoms with van der Waals surface area (Å²) in [6.07, 6.45) is 1.92. The maximum Gasteiger partial charge on any atom is 0.256 e. The van der Waals surface area contributed by atoms with Crippen molar-refractivity contribution in [3.05, 3.63) is 47.8 Å². The van der Waals surface area contributed by atoms with E-state index in [0.717, 1.165) is 0 Å². The van der Waals surface area contributed by atoms with Crippen LogP contribution in [0.3, 0.4) is 0 Å². The number of para-hydroxylation sites is 1. The lowest BCUT2D eigenvalue weighted by atomic mass is 10.1. The van der Waals surface area contributed by atoms with Gasteiger partial charge in [0.15, 0.2) is 11.5 Å². The van der Waals surface area contributed by atoms with Crippen molar-refractivity contribution in [3.8, 4) is 17.2 Å². The normalized spacial score (nSPS) is 16.6. The van der Waals surface area contributed by atoms with Gasteiger partial charge in [-0.3, -0.25) is 9.78 Å². The topological polar surface area (TPSA) is 101 Å². The maximum atomic E-state index is 13.1. The van der Waals surface area contributed by atoms with Crippen LogP contribution >= 0.6 is 0 Å². The van der Waals surface area contributed by atoms with Gasteiger partial charge in [-0.05, 0) is 24.3 Å². The zero-order valence-corrected chi connectivity index (χ0v) is 15.7. The van der Waals surface area contributed by atoms with E-state index in [4.69, 9.17) is 14.2 Å². The van der Waals surface area contributed by atoms with Crippen LogP contribution in [0.25, 0.3) is 0 Å². The van der Waals surface area contributed by atoms with Gasteiger partial charge in [0, 0.05) is 25.8 Å². The molecule has 3 rings (SSSR count). The molecule has 28 heavy (non-hydrogen) atoms. The summed E-state index contributed by atoms with van der Waals surface area (Å²) in [5.41, 5.74) is 1.04. The summed E-state index contributed by atoms with van der Waals surface area (Å²) in [5.74, 6) is 0.450. The van der Waals surface area contributed by atoms with Crippen LogP contribution in [0.5, 0.6) is 17.2 Å². The predicted octanol–water partition coefficient (Wildman–Crippen LogP) is 1.25. The lowest BCUT2D eigenvalue weighted by Gasteiger charge is -2.35. The SMILES string of the molecule is COc1c(O)cccc1OC[C@@H]1COCCN1C(=O)c1cccnc1CCO. The number of phenolic OH excluding ortho intramolecular Hbond substituents is 1. The summed E-state index contributed by atoms with van der Waals surface area (Å²) in [6, 6.07) is 7.97. The van der Waals surface area contributed by atoms with Gasteiger partial charge in [-0.2, -0.15) is 0 Å². The van der Waals surface area contributed by atoms with E-state index in [1.165, 1.54) is 13.2 Å². The number of pyridine rings is 1. The van der Waals surface area contributed by atoms with Crippen molar-refractivity contribution >= 4 is 5.91 Å². The number of amides is 1. The summed E-state index contributed by atoms with van der Waals surface area (Å²) in [6.45, 7) is 1.30. The van der Waals surface area contributed by atoms with Crippen LogP contribution in [0.4, 0.5) is 0 Å². The monoisotopic (exact) mass is 388 g/mol. The third kappa shape index (κ3) is 4.35. The Balaban J connectivity index is 1.76. The van der Waals surface area contributed by atoms with Crippen LogP contribution in [0.1, 0.15) is 16.1 Å². The van der Waals surface area contributed by atoms with Gasteiger partial charge in [0.05, 0.1) is 37.6 Å². The van der Waals surface area contributed by atoms with E-state index < -0.39 is 0 Å². The van der Waals surface area contributed by atoms with Gasteiger partial charge >= 0.3 is 0 Å². The maximum absolute atomic E-state index is 13.1. The van der Waals surface area contributed by atoms with E-state index in [0.29, 0.717) is 43.2 Å². The van der Waals surface area contributed by atoms with Crippen molar-refractivity contribution in [2.45, 2.75) is 12.5 Å². The fourth-order valence-corrected chi connectivity index (χ4v) is 3.16. The van der Waals surface area contributed by atoms with Gasteiger partial charge < -0.3 is 29.3 Å². The summed E-state index contributed by atoms with van der Waals surface area (Å²) in [4.78, 5) is 19.0. The highest BCUT2D eigenvalue weighted by atomic mass is 16.5. The number of carbonyl (C=O) groups is 1. The number of benzene rings is 1. The number of morpholine rings is 1. The molecule has 2 heterocycles. The Kier molecular flexibility index (Phi) is 6.67. The molecule has 150 valence electrons. The molecule has 0 aliphatic carbocycles. The van der Waals surface area contributed by atoms with Gasteiger partial charge in [0.2, 0.25) is 5.75 Å². The first-order valence-corrected chi connectivity index (χ1v) is 9.08. The Morgan fingerprint density at radius 1 is 1.36 bits per heavy atom. The van der Waals surface area contributed by atoms with Crippen molar-refractivity contribution in [3.63, 3.8) is 0 Å². The molecule has 0 radical (unpaired) electrons. The number of rotatable bonds is 7. The number of nitrogens with zero attached hydrogens (tertiary/aromatic N) is 2. The molecule has 1 fully saturated rings. The number of aliphatic hydroxyl groups excluding tert-OH is 1. The number of methoxy groups -OCH3 is 1. The largest absolute Gasteiger partial charge is 0.504 e. The minimum absolute atomic E-state index is 0.0168. The first kappa shape index (κ1) is 19.9. The molecule has 1 aliphatic heterocycles. The number of aliphatic hydroxyl groups is 1. The molecule has 2 aromatic rings. The molecule has 8 nitrogen and oxygen atoms in total. The molecule has 0 bridgehead atoms. The lowest BCUT2D eigenvalue weighted by Crippen LogP contribution is -2.51. The Bertz CT molecular complexity index is 813. The second-order valence-corrected chi connectivity index (χ2v) is 6.32. The minimum Gasteiger partial charge on any atom is -0.504 e. The number of aromatic hydroxyl groups is 1. The number of hydrogen-bond acceptors (Lipinski definition) is 7. The fourth-order valence-electron chi connectivity index (χ4n) is 3.16. The average molecular weight is 388 g/mol. The molecule has 1 aromatic heterocycles. The zero-order valence-electron chi connectivity index (χ0n) is 15.7. The van der Waals surface area contributed by atoms with Crippen LogP contribution < -0.4 is 9.47 Å². The summed E-state index contributed by atoms with van der Waals surface area (Å²) in [5, 5.41) is 19.1. The number of aromatic nitrogens is 1. The van der Waals surface area contributed by atoms with Crippen molar-refractivity contribution in [2.24, 2.45) is 0 Å². The van der Waals surface area contributed by atoms with Crippen LogP contribution in [-0.4, -0.2) is 72.1 Å². The first-order chi connectivity index (χ1) is 13.7. The summed E-state index contributed by atoms with van der Waals surface area (Å²) in [7, 11) is 1.45. The number of ether oxygens (including phenoxy) is 3. The summed E-state index contributed by atoms with van der Waals surface area (Å²) >= 11 is 0. The lowest BCUT2D eigenvalue weighted by molar-refractivity contribution is -0.0153. The quantitative estimate of drug-likeness (QED) is 0.736. The Labute approximate surface area is 163 Å². The molecule has 1 amide bonds. The van der Waals surface area contributed by atoms with E-state index >= 15 is 0 Å². The van der Waals surface area contributed by atoms with Crippen molar-refractivity contribution in [1.29, 1.82) is 0 Å². The van der Waals surface area contributed by atoms with Gasteiger partial charge in [-0.1, -0.05) is 6.07 Å². The number of phenols is 1. The molecule has 0 saturated carbocycles. The second-order valence-electron chi connectivity index (χ2n) is 6.32. The van der Waals surface area contributed by atoms with E-state index in [9.17, 15) is 15.0 Å². The van der Waals surface area contributed by atoms with Crippen LogP contribution in [0, 0.1) is 0 Å². The van der Waals surface area contributed by atoms with Crippen LogP contribution in [0.2, 0.25) is 0 Å². The zero-order chi connectivity index (χ0) is 19.9. The molecular weight excluding hydrogens is 364 g/mol. The molecule has 1 aromatic carbocycles. The van der Waals surface area contributed by atoms with Crippen molar-refractivity contribution < 1.29 is 29.2 Å². The third-order valence-electron chi connectivity index (χ3n) is 4.55. The molecule has 1 saturated heterocycles. The average Bonchev–Trinajstić information content (AvgIpc) is 2.72. The molecule has 1 atom stereocenters. The molecule has 0 unspecified atom stereocenters. The third-order valence-corrected chi connectivity index (χ3v) is 4.55. The standard InChI is InChI=1S/C20H24N2O6/c1-26-19-17(24)5-2-6-18(19)28-13-14-12-27-11-9-22(14)20(25)15-4-3-8-21-16(15)7-10-23/h2-6,8,14,23-24H,7,9-13H2,1H3/t14-/m0/s1. The van der Waals surface area contributed by atoms with E-state index in [1.807, 2.05) is 0 Å². The number of carbonyl (C=O) groups excluding carboxylic acids is 1. The van der Waals surface area contributed by atoms with E-state index in [1.54, 1.807) is 35.4 Å². The van der Waals surface area contributed by atoms with Gasteiger partial charge in [0.1, 0.15) is 6.61 Å². The molecular formula is C20H24N2O6. The van der Waals surface area contributed by atoms with Gasteiger partial charge in [-0.15, -0.1) is 0 Å². The van der Waals surface area contributed by atoms with Gasteiger partial charge in [-0.25, -0.2) is 0 Å². The summed E-state index contributed by atoms with van der Waals surface area (Å²) < 4.78 is 16.5. The Morgan fingerprint density at radius 2 is 2.21 bits per heavy atom. The van der Waals surface area contributed by atoms with Gasteiger partial charge in [0.25, 0.3) is 5.91 Å². The fraction of sp³-hybridized carbons (Fsp3) is 0.400. The number of hydrogen-bond donors (Lipinski definition) is 2. The predicted molar refractivity (Wildman–Crippen MR) is 101 cm³/mol. The van der Waals surface area contributed by atoms with Crippen LogP contribution in [0.15, 0.2) is 36.5 Å². The highest BCUT2D eigenvalue weighted by Gasteiger charge is 2.30. The molecule has 2 N–H and O–H groups in total. The molecule has 1 aliphatic rings.